The second-order valence-corrected chi connectivity index (χ2v) is 6.00. The van der Waals surface area contributed by atoms with Crippen molar-refractivity contribution in [1.82, 2.24) is 14.9 Å². The minimum Gasteiger partial charge on any atom is -0.351 e. The van der Waals surface area contributed by atoms with E-state index >= 15 is 0 Å². The van der Waals surface area contributed by atoms with Gasteiger partial charge in [0.25, 0.3) is 0 Å². The first kappa shape index (κ1) is 17.4. The molecule has 3 rings (SSSR count). The predicted molar refractivity (Wildman–Crippen MR) is 88.2 cm³/mol. The van der Waals surface area contributed by atoms with Crippen LogP contribution in [0.25, 0.3) is 11.0 Å². The summed E-state index contributed by atoms with van der Waals surface area (Å²) in [6, 6.07) is 6.51. The number of hydrogen-bond donors (Lipinski definition) is 0. The number of benzene rings is 1. The number of amides is 1. The predicted octanol–water partition coefficient (Wildman–Crippen LogP) is 3.10. The van der Waals surface area contributed by atoms with E-state index in [-0.39, 0.29) is 17.2 Å². The van der Waals surface area contributed by atoms with Gasteiger partial charge in [-0.2, -0.15) is 13.2 Å². The van der Waals surface area contributed by atoms with Crippen molar-refractivity contribution in [3.05, 3.63) is 30.0 Å². The first-order valence-electron chi connectivity index (χ1n) is 8.27. The maximum atomic E-state index is 13.4. The lowest BCUT2D eigenvalue weighted by atomic mass is 10.2. The van der Waals surface area contributed by atoms with Gasteiger partial charge >= 0.3 is 6.18 Å². The van der Waals surface area contributed by atoms with Gasteiger partial charge < -0.3 is 9.80 Å². The summed E-state index contributed by atoms with van der Waals surface area (Å²) in [6.45, 7) is 3.33. The van der Waals surface area contributed by atoms with Crippen molar-refractivity contribution in [3.63, 3.8) is 0 Å². The molecule has 0 spiro atoms. The Bertz CT molecular complexity index is 770. The number of alkyl halides is 3. The Balaban J connectivity index is 1.89. The zero-order chi connectivity index (χ0) is 18.0. The van der Waals surface area contributed by atoms with Crippen molar-refractivity contribution >= 4 is 22.8 Å². The van der Waals surface area contributed by atoms with E-state index in [1.54, 1.807) is 28.0 Å². The molecule has 0 aliphatic carbocycles. The number of para-hydroxylation sites is 2. The minimum absolute atomic E-state index is 0.0443. The Morgan fingerprint density at radius 3 is 2.24 bits per heavy atom. The number of anilines is 1. The minimum atomic E-state index is -4.58. The lowest BCUT2D eigenvalue weighted by molar-refractivity contribution is -0.140. The fourth-order valence-electron chi connectivity index (χ4n) is 2.94. The molecule has 0 bridgehead atoms. The van der Waals surface area contributed by atoms with Gasteiger partial charge in [-0.05, 0) is 18.6 Å². The topological polar surface area (TPSA) is 49.3 Å². The van der Waals surface area contributed by atoms with Crippen molar-refractivity contribution in [2.75, 3.05) is 31.1 Å². The Hall–Kier alpha value is -2.38. The van der Waals surface area contributed by atoms with Gasteiger partial charge in [-0.3, -0.25) is 4.79 Å². The molecular weight excluding hydrogens is 333 g/mol. The van der Waals surface area contributed by atoms with E-state index in [1.807, 2.05) is 6.92 Å². The molecule has 0 atom stereocenters. The van der Waals surface area contributed by atoms with Gasteiger partial charge in [0.15, 0.2) is 11.5 Å². The molecule has 0 radical (unpaired) electrons. The molecule has 5 nitrogen and oxygen atoms in total. The van der Waals surface area contributed by atoms with Gasteiger partial charge in [0.1, 0.15) is 0 Å². The fourth-order valence-corrected chi connectivity index (χ4v) is 2.94. The summed E-state index contributed by atoms with van der Waals surface area (Å²) in [5.41, 5.74) is -0.329. The first-order chi connectivity index (χ1) is 11.9. The number of aromatic nitrogens is 2. The molecule has 2 heterocycles. The van der Waals surface area contributed by atoms with E-state index in [0.717, 1.165) is 6.42 Å². The van der Waals surface area contributed by atoms with Gasteiger partial charge in [-0.1, -0.05) is 19.1 Å². The van der Waals surface area contributed by atoms with Crippen LogP contribution in [0.5, 0.6) is 0 Å². The van der Waals surface area contributed by atoms with E-state index in [9.17, 15) is 18.0 Å². The Kier molecular flexibility index (Phi) is 4.78. The molecular formula is C17H19F3N4O. The van der Waals surface area contributed by atoms with Gasteiger partial charge in [0.2, 0.25) is 5.91 Å². The van der Waals surface area contributed by atoms with Crippen LogP contribution < -0.4 is 4.90 Å². The molecule has 1 aliphatic heterocycles. The molecule has 1 aromatic carbocycles. The Labute approximate surface area is 143 Å². The molecule has 0 unspecified atom stereocenters. The summed E-state index contributed by atoms with van der Waals surface area (Å²) in [4.78, 5) is 23.2. The van der Waals surface area contributed by atoms with Crippen LogP contribution in [0.1, 0.15) is 25.5 Å². The van der Waals surface area contributed by atoms with Crippen molar-refractivity contribution < 1.29 is 18.0 Å². The summed E-state index contributed by atoms with van der Waals surface area (Å²) < 4.78 is 40.3. The highest BCUT2D eigenvalue weighted by Gasteiger charge is 2.39. The number of piperazine rings is 1. The quantitative estimate of drug-likeness (QED) is 0.852. The normalized spacial score (nSPS) is 15.7. The third-order valence-corrected chi connectivity index (χ3v) is 4.22. The zero-order valence-corrected chi connectivity index (χ0v) is 13.9. The van der Waals surface area contributed by atoms with Crippen LogP contribution in [0, 0.1) is 0 Å². The Morgan fingerprint density at radius 1 is 1.08 bits per heavy atom. The lowest BCUT2D eigenvalue weighted by Crippen LogP contribution is -2.49. The van der Waals surface area contributed by atoms with Gasteiger partial charge in [0, 0.05) is 32.6 Å². The molecule has 25 heavy (non-hydrogen) atoms. The highest BCUT2D eigenvalue weighted by atomic mass is 19.4. The average Bonchev–Trinajstić information content (AvgIpc) is 2.60. The third kappa shape index (κ3) is 3.67. The number of nitrogens with zero attached hydrogens (tertiary/aromatic N) is 4. The molecule has 2 aromatic rings. The summed E-state index contributed by atoms with van der Waals surface area (Å²) >= 11 is 0. The standard InChI is InChI=1S/C17H19F3N4O/c1-2-5-14(25)23-8-10-24(11-9-23)16-15(17(18,19)20)21-12-6-3-4-7-13(12)22-16/h3-4,6-7H,2,5,8-11H2,1H3. The van der Waals surface area contributed by atoms with Crippen LogP contribution in [0.3, 0.4) is 0 Å². The number of fused-ring (bicyclic) bond motifs is 1. The van der Waals surface area contributed by atoms with Crippen LogP contribution in [0.2, 0.25) is 0 Å². The maximum absolute atomic E-state index is 13.4. The first-order valence-corrected chi connectivity index (χ1v) is 8.27. The molecule has 1 fully saturated rings. The Morgan fingerprint density at radius 2 is 1.68 bits per heavy atom. The summed E-state index contributed by atoms with van der Waals surface area (Å²) in [5, 5.41) is 0. The average molecular weight is 352 g/mol. The molecule has 1 amide bonds. The molecule has 8 heteroatoms. The van der Waals surface area contributed by atoms with Crippen LogP contribution in [0.15, 0.2) is 24.3 Å². The van der Waals surface area contributed by atoms with E-state index in [4.69, 9.17) is 0 Å². The molecule has 1 saturated heterocycles. The van der Waals surface area contributed by atoms with Crippen LogP contribution in [-0.2, 0) is 11.0 Å². The van der Waals surface area contributed by atoms with Crippen molar-refractivity contribution in [2.24, 2.45) is 0 Å². The van der Waals surface area contributed by atoms with Crippen molar-refractivity contribution in [1.29, 1.82) is 0 Å². The molecule has 134 valence electrons. The van der Waals surface area contributed by atoms with Crippen molar-refractivity contribution in [2.45, 2.75) is 25.9 Å². The van der Waals surface area contributed by atoms with E-state index in [2.05, 4.69) is 9.97 Å². The smallest absolute Gasteiger partial charge is 0.351 e. The van der Waals surface area contributed by atoms with Crippen LogP contribution in [-0.4, -0.2) is 47.0 Å². The SMILES string of the molecule is CCCC(=O)N1CCN(c2nc3ccccc3nc2C(F)(F)F)CC1. The molecule has 0 N–H and O–H groups in total. The van der Waals surface area contributed by atoms with Gasteiger partial charge in [-0.25, -0.2) is 9.97 Å². The second-order valence-electron chi connectivity index (χ2n) is 6.00. The monoisotopic (exact) mass is 352 g/mol. The zero-order valence-electron chi connectivity index (χ0n) is 13.9. The number of rotatable bonds is 3. The number of hydrogen-bond acceptors (Lipinski definition) is 4. The van der Waals surface area contributed by atoms with Crippen molar-refractivity contribution in [3.8, 4) is 0 Å². The fraction of sp³-hybridized carbons (Fsp3) is 0.471. The van der Waals surface area contributed by atoms with E-state index in [0.29, 0.717) is 38.1 Å². The van der Waals surface area contributed by atoms with E-state index < -0.39 is 11.9 Å². The number of carbonyl (C=O) groups is 1. The molecule has 1 aromatic heterocycles. The number of carbonyl (C=O) groups excluding carboxylic acids is 1. The highest BCUT2D eigenvalue weighted by Crippen LogP contribution is 2.35. The molecule has 1 aliphatic rings. The number of halogens is 3. The molecule has 0 saturated carbocycles. The summed E-state index contributed by atoms with van der Waals surface area (Å²) in [5.74, 6) is -0.114. The van der Waals surface area contributed by atoms with Crippen LogP contribution >= 0.6 is 0 Å². The lowest BCUT2D eigenvalue weighted by Gasteiger charge is -2.36. The van der Waals surface area contributed by atoms with E-state index in [1.165, 1.54) is 6.07 Å². The van der Waals surface area contributed by atoms with Crippen LogP contribution in [0.4, 0.5) is 19.0 Å². The maximum Gasteiger partial charge on any atom is 0.437 e. The highest BCUT2D eigenvalue weighted by molar-refractivity contribution is 5.78. The van der Waals surface area contributed by atoms with Gasteiger partial charge in [0.05, 0.1) is 11.0 Å². The van der Waals surface area contributed by atoms with Gasteiger partial charge in [-0.15, -0.1) is 0 Å². The summed E-state index contributed by atoms with van der Waals surface area (Å²) in [7, 11) is 0. The third-order valence-electron chi connectivity index (χ3n) is 4.22. The summed E-state index contributed by atoms with van der Waals surface area (Å²) in [6.07, 6.45) is -3.36. The largest absolute Gasteiger partial charge is 0.437 e. The second kappa shape index (κ2) is 6.85.